The SMILES string of the molecule is c1ccc(-c2ccc(N(c3ccc(-c4cccc(-c5ccc6c(c5)oc5ccccc56)c4)cc3)c3cccc(-n4c5ccccc5c5ccccc54)c3)cc2)cc1. The van der Waals surface area contributed by atoms with Crippen LogP contribution in [0.25, 0.3) is 82.8 Å². The van der Waals surface area contributed by atoms with E-state index in [1.54, 1.807) is 0 Å². The van der Waals surface area contributed by atoms with Crippen molar-refractivity contribution in [3.05, 3.63) is 218 Å². The van der Waals surface area contributed by atoms with E-state index in [1.807, 2.05) is 12.1 Å². The standard InChI is InChI=1S/C54H36N2O/c1-2-12-37(13-3-1)38-24-29-43(30-25-38)55(45-16-11-17-46(36-45)56-51-21-7-4-18-47(51)48-19-5-8-22-52(48)56)44-31-26-39(27-32-44)40-14-10-15-41(34-40)42-28-33-50-49-20-6-9-23-53(49)57-54(50)35-42/h1-36H. The summed E-state index contributed by atoms with van der Waals surface area (Å²) in [5.41, 5.74) is 15.6. The van der Waals surface area contributed by atoms with E-state index in [0.717, 1.165) is 66.9 Å². The molecule has 0 spiro atoms. The Morgan fingerprint density at radius 3 is 1.49 bits per heavy atom. The largest absolute Gasteiger partial charge is 0.456 e. The number of hydrogen-bond donors (Lipinski definition) is 0. The number of benzene rings is 9. The summed E-state index contributed by atoms with van der Waals surface area (Å²) in [6.07, 6.45) is 0. The van der Waals surface area contributed by atoms with Crippen molar-refractivity contribution in [2.45, 2.75) is 0 Å². The van der Waals surface area contributed by atoms with Crippen LogP contribution in [0.4, 0.5) is 17.1 Å². The van der Waals surface area contributed by atoms with E-state index in [0.29, 0.717) is 0 Å². The maximum Gasteiger partial charge on any atom is 0.136 e. The van der Waals surface area contributed by atoms with Gasteiger partial charge >= 0.3 is 0 Å². The Hall–Kier alpha value is -7.62. The van der Waals surface area contributed by atoms with Gasteiger partial charge in [-0.1, -0.05) is 140 Å². The summed E-state index contributed by atoms with van der Waals surface area (Å²) in [6, 6.07) is 78.2. The molecule has 2 aromatic heterocycles. The van der Waals surface area contributed by atoms with Gasteiger partial charge in [-0.2, -0.15) is 0 Å². The van der Waals surface area contributed by atoms with Crippen molar-refractivity contribution < 1.29 is 4.42 Å². The summed E-state index contributed by atoms with van der Waals surface area (Å²) in [6.45, 7) is 0. The molecule has 268 valence electrons. The summed E-state index contributed by atoms with van der Waals surface area (Å²) in [5, 5.41) is 4.79. The number of furan rings is 1. The summed E-state index contributed by atoms with van der Waals surface area (Å²) in [5.74, 6) is 0. The Morgan fingerprint density at radius 1 is 0.298 bits per heavy atom. The maximum atomic E-state index is 6.23. The zero-order valence-electron chi connectivity index (χ0n) is 31.1. The Kier molecular flexibility index (Phi) is 7.82. The molecular weight excluding hydrogens is 693 g/mol. The Morgan fingerprint density at radius 2 is 0.789 bits per heavy atom. The zero-order valence-corrected chi connectivity index (χ0v) is 31.1. The minimum atomic E-state index is 0.905. The Bertz CT molecular complexity index is 3170. The van der Waals surface area contributed by atoms with Crippen LogP contribution in [-0.2, 0) is 0 Å². The first-order valence-electron chi connectivity index (χ1n) is 19.4. The number of anilines is 3. The number of hydrogen-bond acceptors (Lipinski definition) is 2. The number of fused-ring (bicyclic) bond motifs is 6. The first-order chi connectivity index (χ1) is 28.2. The lowest BCUT2D eigenvalue weighted by atomic mass is 9.98. The van der Waals surface area contributed by atoms with Gasteiger partial charge in [-0.25, -0.2) is 0 Å². The quantitative estimate of drug-likeness (QED) is 0.163. The van der Waals surface area contributed by atoms with Crippen molar-refractivity contribution in [3.63, 3.8) is 0 Å². The van der Waals surface area contributed by atoms with Crippen molar-refractivity contribution in [3.8, 4) is 39.1 Å². The van der Waals surface area contributed by atoms with Gasteiger partial charge in [0.15, 0.2) is 0 Å². The van der Waals surface area contributed by atoms with Gasteiger partial charge in [0, 0.05) is 44.3 Å². The number of para-hydroxylation sites is 3. The van der Waals surface area contributed by atoms with Crippen LogP contribution in [0.2, 0.25) is 0 Å². The summed E-state index contributed by atoms with van der Waals surface area (Å²) >= 11 is 0. The average molecular weight is 729 g/mol. The highest BCUT2D eigenvalue weighted by molar-refractivity contribution is 6.09. The third-order valence-electron chi connectivity index (χ3n) is 11.2. The van der Waals surface area contributed by atoms with E-state index in [2.05, 4.69) is 216 Å². The molecule has 3 nitrogen and oxygen atoms in total. The monoisotopic (exact) mass is 728 g/mol. The third kappa shape index (κ3) is 5.76. The molecular formula is C54H36N2O. The molecule has 0 radical (unpaired) electrons. The second-order valence-electron chi connectivity index (χ2n) is 14.6. The lowest BCUT2D eigenvalue weighted by Gasteiger charge is -2.26. The van der Waals surface area contributed by atoms with Gasteiger partial charge in [0.25, 0.3) is 0 Å². The lowest BCUT2D eigenvalue weighted by molar-refractivity contribution is 0.669. The van der Waals surface area contributed by atoms with Crippen molar-refractivity contribution in [2.75, 3.05) is 4.90 Å². The predicted molar refractivity (Wildman–Crippen MR) is 239 cm³/mol. The number of rotatable bonds is 7. The van der Waals surface area contributed by atoms with Gasteiger partial charge in [0.05, 0.1) is 11.0 Å². The highest BCUT2D eigenvalue weighted by Gasteiger charge is 2.17. The second-order valence-corrected chi connectivity index (χ2v) is 14.6. The van der Waals surface area contributed by atoms with E-state index >= 15 is 0 Å². The summed E-state index contributed by atoms with van der Waals surface area (Å²) in [7, 11) is 0. The van der Waals surface area contributed by atoms with E-state index in [-0.39, 0.29) is 0 Å². The zero-order chi connectivity index (χ0) is 37.7. The van der Waals surface area contributed by atoms with E-state index in [9.17, 15) is 0 Å². The molecule has 2 heterocycles. The molecule has 0 saturated carbocycles. The Labute approximate surface area is 330 Å². The van der Waals surface area contributed by atoms with Crippen molar-refractivity contribution in [1.82, 2.24) is 4.57 Å². The van der Waals surface area contributed by atoms with Gasteiger partial charge in [0.1, 0.15) is 11.2 Å². The fourth-order valence-corrected chi connectivity index (χ4v) is 8.44. The third-order valence-corrected chi connectivity index (χ3v) is 11.2. The van der Waals surface area contributed by atoms with Crippen LogP contribution in [0.15, 0.2) is 223 Å². The van der Waals surface area contributed by atoms with Gasteiger partial charge in [0.2, 0.25) is 0 Å². The molecule has 0 N–H and O–H groups in total. The molecule has 0 aliphatic carbocycles. The van der Waals surface area contributed by atoms with Crippen LogP contribution in [0.1, 0.15) is 0 Å². The second kappa shape index (κ2) is 13.6. The average Bonchev–Trinajstić information content (AvgIpc) is 3.83. The van der Waals surface area contributed by atoms with Crippen molar-refractivity contribution in [1.29, 1.82) is 0 Å². The smallest absolute Gasteiger partial charge is 0.136 e. The molecule has 0 atom stereocenters. The maximum absolute atomic E-state index is 6.23. The minimum Gasteiger partial charge on any atom is -0.456 e. The molecule has 0 bridgehead atoms. The van der Waals surface area contributed by atoms with Crippen molar-refractivity contribution in [2.24, 2.45) is 0 Å². The molecule has 57 heavy (non-hydrogen) atoms. The fourth-order valence-electron chi connectivity index (χ4n) is 8.44. The first-order valence-corrected chi connectivity index (χ1v) is 19.4. The topological polar surface area (TPSA) is 21.3 Å². The molecule has 0 amide bonds. The van der Waals surface area contributed by atoms with E-state index < -0.39 is 0 Å². The molecule has 11 aromatic rings. The van der Waals surface area contributed by atoms with Gasteiger partial charge in [-0.05, 0) is 112 Å². The lowest BCUT2D eigenvalue weighted by Crippen LogP contribution is -2.10. The fraction of sp³-hybridized carbons (Fsp3) is 0. The molecule has 0 unspecified atom stereocenters. The van der Waals surface area contributed by atoms with Crippen LogP contribution >= 0.6 is 0 Å². The molecule has 11 rings (SSSR count). The van der Waals surface area contributed by atoms with Gasteiger partial charge < -0.3 is 13.9 Å². The van der Waals surface area contributed by atoms with Crippen LogP contribution in [0.3, 0.4) is 0 Å². The normalized spacial score (nSPS) is 11.5. The number of aromatic nitrogens is 1. The minimum absolute atomic E-state index is 0.905. The van der Waals surface area contributed by atoms with E-state index in [1.165, 1.54) is 32.9 Å². The molecule has 3 heteroatoms. The molecule has 0 fully saturated rings. The van der Waals surface area contributed by atoms with Gasteiger partial charge in [-0.3, -0.25) is 0 Å². The van der Waals surface area contributed by atoms with Crippen LogP contribution in [-0.4, -0.2) is 4.57 Å². The molecule has 0 saturated heterocycles. The predicted octanol–water partition coefficient (Wildman–Crippen LogP) is 15.2. The number of nitrogens with zero attached hydrogens (tertiary/aromatic N) is 2. The van der Waals surface area contributed by atoms with Gasteiger partial charge in [-0.15, -0.1) is 0 Å². The highest BCUT2D eigenvalue weighted by Crippen LogP contribution is 2.40. The first kappa shape index (κ1) is 32.8. The Balaban J connectivity index is 0.987. The molecule has 0 aliphatic heterocycles. The van der Waals surface area contributed by atoms with E-state index in [4.69, 9.17) is 4.42 Å². The van der Waals surface area contributed by atoms with Crippen LogP contribution in [0.5, 0.6) is 0 Å². The highest BCUT2D eigenvalue weighted by atomic mass is 16.3. The molecule has 0 aliphatic rings. The molecule has 9 aromatic carbocycles. The summed E-state index contributed by atoms with van der Waals surface area (Å²) in [4.78, 5) is 2.36. The summed E-state index contributed by atoms with van der Waals surface area (Å²) < 4.78 is 8.61. The van der Waals surface area contributed by atoms with Crippen molar-refractivity contribution >= 4 is 60.8 Å². The van der Waals surface area contributed by atoms with Crippen LogP contribution < -0.4 is 4.90 Å². The van der Waals surface area contributed by atoms with Crippen LogP contribution in [0, 0.1) is 0 Å².